The van der Waals surface area contributed by atoms with Crippen LogP contribution in [0.1, 0.15) is 36.0 Å². The van der Waals surface area contributed by atoms with E-state index in [-0.39, 0.29) is 18.5 Å². The molecule has 0 heterocycles. The zero-order valence-corrected chi connectivity index (χ0v) is 10.5. The van der Waals surface area contributed by atoms with E-state index in [2.05, 4.69) is 0 Å². The fourth-order valence-electron chi connectivity index (χ4n) is 2.29. The molecule has 1 aromatic rings. The molecule has 0 amide bonds. The van der Waals surface area contributed by atoms with Gasteiger partial charge in [-0.3, -0.25) is 4.79 Å². The van der Waals surface area contributed by atoms with Crippen LogP contribution >= 0.6 is 11.6 Å². The van der Waals surface area contributed by atoms with E-state index in [1.54, 1.807) is 13.0 Å². The van der Waals surface area contributed by atoms with Crippen molar-refractivity contribution in [2.24, 2.45) is 0 Å². The fraction of sp³-hybridized carbons (Fsp3) is 0.462. The molecule has 0 radical (unpaired) electrons. The van der Waals surface area contributed by atoms with Gasteiger partial charge in [-0.1, -0.05) is 17.7 Å². The summed E-state index contributed by atoms with van der Waals surface area (Å²) in [5.41, 5.74) is 2.76. The number of benzene rings is 1. The maximum absolute atomic E-state index is 11.8. The number of rotatable bonds is 3. The molecule has 92 valence electrons. The first-order valence-electron chi connectivity index (χ1n) is 5.76. The zero-order chi connectivity index (χ0) is 12.4. The average molecular weight is 255 g/mol. The van der Waals surface area contributed by atoms with Crippen molar-refractivity contribution >= 4 is 17.6 Å². The highest BCUT2D eigenvalue weighted by atomic mass is 35.5. The summed E-state index contributed by atoms with van der Waals surface area (Å²) in [6, 6.07) is 3.67. The molecule has 1 aromatic carbocycles. The van der Waals surface area contributed by atoms with Crippen LogP contribution in [0.4, 0.5) is 0 Å². The minimum Gasteiger partial charge on any atom is -0.466 e. The van der Waals surface area contributed by atoms with Gasteiger partial charge in [-0.05, 0) is 42.5 Å². The highest BCUT2D eigenvalue weighted by Gasteiger charge is 2.30. The lowest BCUT2D eigenvalue weighted by atomic mass is 10.00. The Hall–Kier alpha value is -1.06. The van der Waals surface area contributed by atoms with Gasteiger partial charge in [-0.15, -0.1) is 0 Å². The Bertz CT molecular complexity index is 443. The van der Waals surface area contributed by atoms with Crippen molar-refractivity contribution in [3.8, 4) is 0 Å². The van der Waals surface area contributed by atoms with E-state index in [9.17, 15) is 4.79 Å². The molecule has 0 saturated heterocycles. The quantitative estimate of drug-likeness (QED) is 0.843. The van der Waals surface area contributed by atoms with Crippen molar-refractivity contribution in [1.29, 1.82) is 0 Å². The molecule has 1 aliphatic rings. The molecule has 0 saturated carbocycles. The third kappa shape index (κ3) is 2.31. The van der Waals surface area contributed by atoms with E-state index >= 15 is 0 Å². The van der Waals surface area contributed by atoms with Crippen LogP contribution in [0.15, 0.2) is 12.1 Å². The normalized spacial score (nSPS) is 17.9. The second kappa shape index (κ2) is 5.07. The summed E-state index contributed by atoms with van der Waals surface area (Å²) in [6.07, 6.45) is 1.60. The van der Waals surface area contributed by atoms with Crippen molar-refractivity contribution < 1.29 is 14.6 Å². The summed E-state index contributed by atoms with van der Waals surface area (Å²) in [7, 11) is 0. The second-order valence-electron chi connectivity index (χ2n) is 4.14. The maximum atomic E-state index is 11.8. The summed E-state index contributed by atoms with van der Waals surface area (Å²) >= 11 is 6.04. The molecule has 0 aromatic heterocycles. The first-order valence-corrected chi connectivity index (χ1v) is 6.13. The van der Waals surface area contributed by atoms with E-state index in [1.165, 1.54) is 0 Å². The van der Waals surface area contributed by atoms with Crippen molar-refractivity contribution in [3.63, 3.8) is 0 Å². The summed E-state index contributed by atoms with van der Waals surface area (Å²) in [5, 5.41) is 9.65. The van der Waals surface area contributed by atoms with Gasteiger partial charge in [0.05, 0.1) is 19.1 Å². The number of halogens is 1. The van der Waals surface area contributed by atoms with Crippen molar-refractivity contribution in [2.45, 2.75) is 32.3 Å². The highest BCUT2D eigenvalue weighted by molar-refractivity contribution is 6.31. The number of fused-ring (bicyclic) bond motifs is 1. The Balaban J connectivity index is 2.32. The number of carbonyl (C=O) groups excluding carboxylic acids is 1. The first-order chi connectivity index (χ1) is 8.17. The van der Waals surface area contributed by atoms with Gasteiger partial charge in [0.25, 0.3) is 0 Å². The predicted octanol–water partition coefficient (Wildman–Crippen LogP) is 2.43. The van der Waals surface area contributed by atoms with E-state index < -0.39 is 0 Å². The summed E-state index contributed by atoms with van der Waals surface area (Å²) in [4.78, 5) is 11.8. The van der Waals surface area contributed by atoms with Gasteiger partial charge < -0.3 is 9.84 Å². The van der Waals surface area contributed by atoms with Crippen LogP contribution in [0, 0.1) is 0 Å². The lowest BCUT2D eigenvalue weighted by Crippen LogP contribution is -2.13. The molecule has 0 fully saturated rings. The zero-order valence-electron chi connectivity index (χ0n) is 9.70. The molecular weight excluding hydrogens is 240 g/mol. The molecule has 1 aliphatic carbocycles. The molecule has 0 bridgehead atoms. The monoisotopic (exact) mass is 254 g/mol. The molecule has 0 aliphatic heterocycles. The summed E-state index contributed by atoms with van der Waals surface area (Å²) < 4.78 is 5.05. The largest absolute Gasteiger partial charge is 0.466 e. The number of aliphatic hydroxyl groups excluding tert-OH is 1. The Morgan fingerprint density at radius 3 is 3.00 bits per heavy atom. The number of hydrogen-bond acceptors (Lipinski definition) is 3. The van der Waals surface area contributed by atoms with Gasteiger partial charge in [-0.25, -0.2) is 0 Å². The SMILES string of the molecule is CCOC(=O)C1CCc2cc(CO)c(Cl)cc21. The Morgan fingerprint density at radius 1 is 1.59 bits per heavy atom. The minimum absolute atomic E-state index is 0.0732. The van der Waals surface area contributed by atoms with Crippen LogP contribution in [-0.2, 0) is 22.6 Å². The van der Waals surface area contributed by atoms with Crippen LogP contribution in [0.5, 0.6) is 0 Å². The van der Waals surface area contributed by atoms with Crippen LogP contribution in [-0.4, -0.2) is 17.7 Å². The summed E-state index contributed by atoms with van der Waals surface area (Å²) in [6.45, 7) is 2.12. The molecule has 0 spiro atoms. The molecule has 2 rings (SSSR count). The number of carbonyl (C=O) groups is 1. The average Bonchev–Trinajstić information content (AvgIpc) is 2.71. The molecule has 17 heavy (non-hydrogen) atoms. The Kier molecular flexibility index (Phi) is 3.69. The third-order valence-electron chi connectivity index (χ3n) is 3.13. The van der Waals surface area contributed by atoms with Gasteiger partial charge in [0.15, 0.2) is 0 Å². The van der Waals surface area contributed by atoms with Crippen LogP contribution < -0.4 is 0 Å². The number of aryl methyl sites for hydroxylation is 1. The Labute approximate surface area is 105 Å². The van der Waals surface area contributed by atoms with Gasteiger partial charge in [-0.2, -0.15) is 0 Å². The molecule has 4 heteroatoms. The van der Waals surface area contributed by atoms with E-state index in [1.807, 2.05) is 6.07 Å². The van der Waals surface area contributed by atoms with Crippen LogP contribution in [0.25, 0.3) is 0 Å². The van der Waals surface area contributed by atoms with Gasteiger partial charge in [0, 0.05) is 5.02 Å². The first kappa shape index (κ1) is 12.4. The number of ether oxygens (including phenoxy) is 1. The van der Waals surface area contributed by atoms with Crippen molar-refractivity contribution in [1.82, 2.24) is 0 Å². The van der Waals surface area contributed by atoms with Crippen molar-refractivity contribution in [2.75, 3.05) is 6.61 Å². The number of hydrogen-bond donors (Lipinski definition) is 1. The van der Waals surface area contributed by atoms with Crippen LogP contribution in [0.2, 0.25) is 5.02 Å². The van der Waals surface area contributed by atoms with Crippen molar-refractivity contribution in [3.05, 3.63) is 33.8 Å². The molecular formula is C13H15ClO3. The van der Waals surface area contributed by atoms with Crippen LogP contribution in [0.3, 0.4) is 0 Å². The second-order valence-corrected chi connectivity index (χ2v) is 4.55. The molecule has 3 nitrogen and oxygen atoms in total. The summed E-state index contributed by atoms with van der Waals surface area (Å²) in [5.74, 6) is -0.380. The topological polar surface area (TPSA) is 46.5 Å². The van der Waals surface area contributed by atoms with Gasteiger partial charge in [0.1, 0.15) is 0 Å². The number of esters is 1. The minimum atomic E-state index is -0.199. The third-order valence-corrected chi connectivity index (χ3v) is 3.48. The van der Waals surface area contributed by atoms with E-state index in [4.69, 9.17) is 21.4 Å². The van der Waals surface area contributed by atoms with Gasteiger partial charge in [0.2, 0.25) is 0 Å². The molecule has 1 unspecified atom stereocenters. The lowest BCUT2D eigenvalue weighted by molar-refractivity contribution is -0.144. The highest BCUT2D eigenvalue weighted by Crippen LogP contribution is 2.37. The lowest BCUT2D eigenvalue weighted by Gasteiger charge is -2.11. The maximum Gasteiger partial charge on any atom is 0.313 e. The van der Waals surface area contributed by atoms with Gasteiger partial charge >= 0.3 is 5.97 Å². The standard InChI is InChI=1S/C13H15ClO3/c1-2-17-13(16)10-4-3-8-5-9(7-15)12(14)6-11(8)10/h5-6,10,15H,2-4,7H2,1H3. The van der Waals surface area contributed by atoms with E-state index in [0.29, 0.717) is 11.6 Å². The number of aliphatic hydroxyl groups is 1. The molecule has 1 N–H and O–H groups in total. The van der Waals surface area contributed by atoms with E-state index in [0.717, 1.165) is 29.5 Å². The fourth-order valence-corrected chi connectivity index (χ4v) is 2.52. The Morgan fingerprint density at radius 2 is 2.35 bits per heavy atom. The smallest absolute Gasteiger partial charge is 0.313 e. The molecule has 1 atom stereocenters. The predicted molar refractivity (Wildman–Crippen MR) is 65.1 cm³/mol.